The van der Waals surface area contributed by atoms with E-state index in [1.807, 2.05) is 17.9 Å². The predicted molar refractivity (Wildman–Crippen MR) is 172 cm³/mol. The molecular formula is C28H33Cl2N11O6. The number of nitriles is 2. The molecule has 0 radical (unpaired) electrons. The van der Waals surface area contributed by atoms with E-state index >= 15 is 0 Å². The van der Waals surface area contributed by atoms with Crippen LogP contribution in [0.4, 0.5) is 27.9 Å². The Morgan fingerprint density at radius 3 is 2.64 bits per heavy atom. The molecule has 47 heavy (non-hydrogen) atoms. The van der Waals surface area contributed by atoms with Crippen LogP contribution in [0.2, 0.25) is 5.02 Å². The van der Waals surface area contributed by atoms with Crippen LogP contribution in [0, 0.1) is 22.7 Å². The van der Waals surface area contributed by atoms with E-state index in [9.17, 15) is 24.9 Å². The number of anilines is 4. The number of nitrogens with two attached hydrogens (primary N) is 1. The number of halogens is 2. The Bertz CT molecular complexity index is 1710. The third-order valence-electron chi connectivity index (χ3n) is 7.08. The molecular weight excluding hydrogens is 657 g/mol. The number of rotatable bonds is 11. The summed E-state index contributed by atoms with van der Waals surface area (Å²) in [6, 6.07) is 5.66. The van der Waals surface area contributed by atoms with Crippen molar-refractivity contribution >= 4 is 70.8 Å². The molecule has 0 unspecified atom stereocenters. The first kappa shape index (κ1) is 36.4. The second kappa shape index (κ2) is 16.5. The van der Waals surface area contributed by atoms with Crippen LogP contribution < -0.4 is 26.6 Å². The Labute approximate surface area is 280 Å². The molecule has 5 N–H and O–H groups in total. The number of ether oxygens (including phenoxy) is 3. The summed E-state index contributed by atoms with van der Waals surface area (Å²) in [7, 11) is 2.42. The zero-order valence-corrected chi connectivity index (χ0v) is 27.2. The van der Waals surface area contributed by atoms with Gasteiger partial charge < -0.3 is 40.8 Å². The van der Waals surface area contributed by atoms with Crippen LogP contribution in [0.3, 0.4) is 0 Å². The Balaban J connectivity index is 0.00000600. The van der Waals surface area contributed by atoms with Crippen LogP contribution >= 0.6 is 24.0 Å². The number of aromatic nitrogens is 4. The summed E-state index contributed by atoms with van der Waals surface area (Å²) < 4.78 is 16.4. The normalized spacial score (nSPS) is 16.1. The Morgan fingerprint density at radius 2 is 1.98 bits per heavy atom. The minimum atomic E-state index is -0.998. The number of esters is 2. The zero-order chi connectivity index (χ0) is 33.4. The average Bonchev–Trinajstić information content (AvgIpc) is 3.48. The summed E-state index contributed by atoms with van der Waals surface area (Å²) in [5.41, 5.74) is 7.30. The van der Waals surface area contributed by atoms with E-state index in [-0.39, 0.29) is 54.0 Å². The van der Waals surface area contributed by atoms with E-state index in [0.717, 1.165) is 0 Å². The molecule has 1 aliphatic heterocycles. The molecule has 0 saturated carbocycles. The number of fused-ring (bicyclic) bond motifs is 1. The summed E-state index contributed by atoms with van der Waals surface area (Å²) in [5, 5.41) is 32.8. The summed E-state index contributed by atoms with van der Waals surface area (Å²) in [4.78, 5) is 47.0. The third kappa shape index (κ3) is 8.59. The number of hydrogen-bond acceptors (Lipinski definition) is 15. The molecule has 17 nitrogen and oxygen atoms in total. The van der Waals surface area contributed by atoms with Gasteiger partial charge in [-0.1, -0.05) is 11.6 Å². The first-order valence-electron chi connectivity index (χ1n) is 14.1. The predicted octanol–water partition coefficient (Wildman–Crippen LogP) is 2.25. The van der Waals surface area contributed by atoms with E-state index in [1.54, 1.807) is 6.07 Å². The van der Waals surface area contributed by atoms with Gasteiger partial charge in [0, 0.05) is 19.5 Å². The summed E-state index contributed by atoms with van der Waals surface area (Å²) in [6.45, 7) is 2.86. The number of amides is 1. The van der Waals surface area contributed by atoms with Crippen molar-refractivity contribution in [2.75, 3.05) is 49.4 Å². The molecule has 4 rings (SSSR count). The molecule has 250 valence electrons. The maximum Gasteiger partial charge on any atom is 0.407 e. The number of hydrogen-bond donors (Lipinski definition) is 4. The lowest BCUT2D eigenvalue weighted by Gasteiger charge is -2.39. The number of nitrogens with one attached hydrogen (secondary N) is 3. The van der Waals surface area contributed by atoms with Gasteiger partial charge >= 0.3 is 18.0 Å². The van der Waals surface area contributed by atoms with Crippen LogP contribution in [-0.4, -0.2) is 89.7 Å². The summed E-state index contributed by atoms with van der Waals surface area (Å²) in [5.74, 6) is -0.829. The van der Waals surface area contributed by atoms with Gasteiger partial charge in [0.1, 0.15) is 18.2 Å². The van der Waals surface area contributed by atoms with Crippen LogP contribution in [-0.2, 0) is 23.8 Å². The Hall–Kier alpha value is -5.10. The van der Waals surface area contributed by atoms with Crippen molar-refractivity contribution in [3.05, 3.63) is 34.6 Å². The molecule has 2 aromatic heterocycles. The molecule has 1 fully saturated rings. The topological polar surface area (TPSA) is 235 Å². The largest absolute Gasteiger partial charge is 0.468 e. The Morgan fingerprint density at radius 1 is 1.21 bits per heavy atom. The van der Waals surface area contributed by atoms with Crippen LogP contribution in [0.25, 0.3) is 5.65 Å². The number of alkyl carbamates (subject to hydrolysis) is 1. The fraction of sp³-hybridized carbons (Fsp3) is 0.429. The lowest BCUT2D eigenvalue weighted by molar-refractivity contribution is -0.151. The average molecular weight is 691 g/mol. The molecule has 0 spiro atoms. The molecule has 0 bridgehead atoms. The molecule has 1 saturated heterocycles. The zero-order valence-electron chi connectivity index (χ0n) is 25.7. The molecule has 3 atom stereocenters. The van der Waals surface area contributed by atoms with E-state index in [4.69, 9.17) is 26.8 Å². The van der Waals surface area contributed by atoms with E-state index < -0.39 is 36.2 Å². The van der Waals surface area contributed by atoms with Crippen molar-refractivity contribution in [2.45, 2.75) is 44.4 Å². The SMILES string of the molecule is CCNc1nc(Nc2cc(C#N)cc(N3CC[C@@H](NC(=O)OC)[C@H](OC(=O)CC[C@H](N)C(=O)OC)C3)c2Cl)nn2c(C#N)cnc12.Cl. The fourth-order valence-electron chi connectivity index (χ4n) is 4.81. The summed E-state index contributed by atoms with van der Waals surface area (Å²) in [6.07, 6.45) is -0.0125. The molecule has 1 aliphatic rings. The van der Waals surface area contributed by atoms with Crippen molar-refractivity contribution < 1.29 is 28.6 Å². The van der Waals surface area contributed by atoms with Gasteiger partial charge in [-0.25, -0.2) is 9.78 Å². The molecule has 19 heteroatoms. The number of piperidine rings is 1. The minimum absolute atomic E-state index is 0. The van der Waals surface area contributed by atoms with Gasteiger partial charge in [0.05, 0.1) is 61.0 Å². The highest BCUT2D eigenvalue weighted by Crippen LogP contribution is 2.37. The first-order chi connectivity index (χ1) is 22.1. The molecule has 1 amide bonds. The van der Waals surface area contributed by atoms with Gasteiger partial charge in [0.25, 0.3) is 0 Å². The van der Waals surface area contributed by atoms with E-state index in [2.05, 4.69) is 41.8 Å². The molecule has 1 aromatic carbocycles. The van der Waals surface area contributed by atoms with Gasteiger partial charge in [0.15, 0.2) is 17.2 Å². The van der Waals surface area contributed by atoms with Crippen molar-refractivity contribution in [3.63, 3.8) is 0 Å². The van der Waals surface area contributed by atoms with Crippen LogP contribution in [0.15, 0.2) is 18.3 Å². The van der Waals surface area contributed by atoms with Crippen molar-refractivity contribution in [2.24, 2.45) is 5.73 Å². The quantitative estimate of drug-likeness (QED) is 0.167. The lowest BCUT2D eigenvalue weighted by Crippen LogP contribution is -2.55. The van der Waals surface area contributed by atoms with Crippen LogP contribution in [0.1, 0.15) is 37.4 Å². The van der Waals surface area contributed by atoms with Crippen molar-refractivity contribution in [1.29, 1.82) is 10.5 Å². The second-order valence-corrected chi connectivity index (χ2v) is 10.5. The fourth-order valence-corrected chi connectivity index (χ4v) is 5.09. The minimum Gasteiger partial charge on any atom is -0.468 e. The summed E-state index contributed by atoms with van der Waals surface area (Å²) >= 11 is 6.89. The number of carbonyl (C=O) groups is 3. The van der Waals surface area contributed by atoms with Crippen molar-refractivity contribution in [1.82, 2.24) is 24.9 Å². The monoisotopic (exact) mass is 689 g/mol. The molecule has 3 heterocycles. The van der Waals surface area contributed by atoms with E-state index in [0.29, 0.717) is 42.4 Å². The number of carbonyl (C=O) groups excluding carboxylic acids is 3. The maximum absolute atomic E-state index is 12.8. The lowest BCUT2D eigenvalue weighted by atomic mass is 10.00. The number of methoxy groups -OCH3 is 2. The molecule has 3 aromatic rings. The van der Waals surface area contributed by atoms with Gasteiger partial charge in [-0.2, -0.15) is 20.0 Å². The highest BCUT2D eigenvalue weighted by atomic mass is 35.5. The smallest absolute Gasteiger partial charge is 0.407 e. The number of imidazole rings is 1. The number of nitrogens with zero attached hydrogens (tertiary/aromatic N) is 7. The first-order valence-corrected chi connectivity index (χ1v) is 14.5. The van der Waals surface area contributed by atoms with Gasteiger partial charge in [-0.15, -0.1) is 17.5 Å². The third-order valence-corrected chi connectivity index (χ3v) is 7.48. The standard InChI is InChI=1S/C28H32ClN11O6.ClH/c1-4-33-24-25-34-13-16(12-31)40(25)38-27(37-24)35-19-9-15(11-30)10-20(23(19)29)39-8-7-18(36-28(43)45-3)21(14-39)46-22(41)6-5-17(32)26(42)44-2;/h9-10,13,17-18,21H,4-8,14,32H2,1-3H3,(H,36,43)(H2,33,35,37,38);1H/t17-,18+,21+;/m0./s1. The second-order valence-electron chi connectivity index (χ2n) is 10.1. The highest BCUT2D eigenvalue weighted by molar-refractivity contribution is 6.36. The Kier molecular flexibility index (Phi) is 12.7. The van der Waals surface area contributed by atoms with Crippen LogP contribution in [0.5, 0.6) is 0 Å². The van der Waals surface area contributed by atoms with Gasteiger partial charge in [-0.3, -0.25) is 9.59 Å². The highest BCUT2D eigenvalue weighted by Gasteiger charge is 2.35. The molecule has 0 aliphatic carbocycles. The van der Waals surface area contributed by atoms with Crippen molar-refractivity contribution in [3.8, 4) is 12.1 Å². The van der Waals surface area contributed by atoms with E-state index in [1.165, 1.54) is 31.0 Å². The number of benzene rings is 1. The maximum atomic E-state index is 12.8. The van der Waals surface area contributed by atoms with Gasteiger partial charge in [0.2, 0.25) is 5.95 Å². The van der Waals surface area contributed by atoms with Gasteiger partial charge in [-0.05, 0) is 31.9 Å².